The van der Waals surface area contributed by atoms with Crippen LogP contribution in [0.25, 0.3) is 0 Å². The molecule has 0 unspecified atom stereocenters. The van der Waals surface area contributed by atoms with Crippen molar-refractivity contribution in [1.29, 1.82) is 0 Å². The summed E-state index contributed by atoms with van der Waals surface area (Å²) in [6.45, 7) is 0. The molecule has 0 radical (unpaired) electrons. The van der Waals surface area contributed by atoms with Crippen molar-refractivity contribution in [1.82, 2.24) is 0 Å². The van der Waals surface area contributed by atoms with E-state index in [2.05, 4.69) is 0 Å². The first kappa shape index (κ1) is 12.0. The molecule has 1 aromatic carbocycles. The maximum atomic E-state index is 12.1. The number of hydrogen-bond donors (Lipinski definition) is 2. The molecule has 0 aliphatic heterocycles. The average molecular weight is 232 g/mol. The zero-order valence-corrected chi connectivity index (χ0v) is 7.82. The number of oxime groups is 1. The maximum absolute atomic E-state index is 12.1. The topological polar surface area (TPSA) is 61.7 Å². The summed E-state index contributed by atoms with van der Waals surface area (Å²) in [6, 6.07) is 7.53. The molecule has 0 atom stereocenters. The molecule has 0 aliphatic rings. The van der Waals surface area contributed by atoms with Gasteiger partial charge in [0.15, 0.2) is 0 Å². The lowest BCUT2D eigenvalue weighted by Gasteiger charge is -2.08. The number of amides is 1. The molecule has 1 rings (SSSR count). The zero-order chi connectivity index (χ0) is 12.2. The molecule has 0 heterocycles. The number of nitrogens with zero attached hydrogens (tertiary/aromatic N) is 1. The van der Waals surface area contributed by atoms with Crippen LogP contribution in [0.1, 0.15) is 0 Å². The van der Waals surface area contributed by atoms with Gasteiger partial charge in [-0.3, -0.25) is 4.79 Å². The Morgan fingerprint density at radius 1 is 1.25 bits per heavy atom. The first-order valence-electron chi connectivity index (χ1n) is 4.11. The fraction of sp³-hybridized carbons (Fsp3) is 0.111. The second-order valence-electron chi connectivity index (χ2n) is 2.77. The van der Waals surface area contributed by atoms with E-state index in [1.807, 2.05) is 10.5 Å². The molecule has 0 aliphatic carbocycles. The highest BCUT2D eigenvalue weighted by molar-refractivity contribution is 6.44. The Hall–Kier alpha value is -2.05. The van der Waals surface area contributed by atoms with Crippen molar-refractivity contribution in [2.75, 3.05) is 5.32 Å². The standard InChI is InChI=1S/C9H7F3N2O2/c10-9(11,12)7(14-16)8(15)13-6-4-2-1-3-5-6/h1-5,16H,(H,13,15)/b14-7-. The Balaban J connectivity index is 2.80. The number of para-hydroxylation sites is 1. The Bertz CT molecular complexity index is 401. The lowest BCUT2D eigenvalue weighted by atomic mass is 10.3. The van der Waals surface area contributed by atoms with E-state index in [9.17, 15) is 18.0 Å². The van der Waals surface area contributed by atoms with E-state index in [0.717, 1.165) is 0 Å². The molecule has 1 amide bonds. The largest absolute Gasteiger partial charge is 0.442 e. The van der Waals surface area contributed by atoms with Crippen LogP contribution in [-0.2, 0) is 4.79 Å². The van der Waals surface area contributed by atoms with Gasteiger partial charge in [0, 0.05) is 5.69 Å². The summed E-state index contributed by atoms with van der Waals surface area (Å²) in [5, 5.41) is 12.0. The Kier molecular flexibility index (Phi) is 3.49. The minimum atomic E-state index is -4.99. The third-order valence-corrected chi connectivity index (χ3v) is 1.62. The minimum absolute atomic E-state index is 0.179. The molecular weight excluding hydrogens is 225 g/mol. The fourth-order valence-electron chi connectivity index (χ4n) is 0.943. The monoisotopic (exact) mass is 232 g/mol. The first-order chi connectivity index (χ1) is 7.45. The lowest BCUT2D eigenvalue weighted by Crippen LogP contribution is -2.35. The second kappa shape index (κ2) is 4.65. The number of hydrogen-bond acceptors (Lipinski definition) is 3. The van der Waals surface area contributed by atoms with Crippen molar-refractivity contribution < 1.29 is 23.2 Å². The molecule has 2 N–H and O–H groups in total. The summed E-state index contributed by atoms with van der Waals surface area (Å²) in [5.41, 5.74) is -1.71. The highest BCUT2D eigenvalue weighted by atomic mass is 19.4. The quantitative estimate of drug-likeness (QED) is 0.465. The van der Waals surface area contributed by atoms with Crippen molar-refractivity contribution in [2.45, 2.75) is 6.18 Å². The van der Waals surface area contributed by atoms with E-state index in [1.165, 1.54) is 12.1 Å². The van der Waals surface area contributed by atoms with Crippen molar-refractivity contribution >= 4 is 17.3 Å². The van der Waals surface area contributed by atoms with Gasteiger partial charge in [0.2, 0.25) is 5.71 Å². The lowest BCUT2D eigenvalue weighted by molar-refractivity contribution is -0.115. The van der Waals surface area contributed by atoms with Gasteiger partial charge in [0.1, 0.15) is 0 Å². The van der Waals surface area contributed by atoms with Crippen LogP contribution in [0.4, 0.5) is 18.9 Å². The maximum Gasteiger partial charge on any atom is 0.442 e. The van der Waals surface area contributed by atoms with Crippen molar-refractivity contribution in [3.8, 4) is 0 Å². The molecule has 0 spiro atoms. The van der Waals surface area contributed by atoms with Gasteiger partial charge in [-0.05, 0) is 12.1 Å². The molecule has 86 valence electrons. The third kappa shape index (κ3) is 2.97. The number of halogens is 3. The van der Waals surface area contributed by atoms with E-state index in [-0.39, 0.29) is 5.69 Å². The number of carbonyl (C=O) groups excluding carboxylic acids is 1. The van der Waals surface area contributed by atoms with Crippen LogP contribution in [-0.4, -0.2) is 23.0 Å². The minimum Gasteiger partial charge on any atom is -0.410 e. The second-order valence-corrected chi connectivity index (χ2v) is 2.77. The number of benzene rings is 1. The summed E-state index contributed by atoms with van der Waals surface area (Å²) in [7, 11) is 0. The van der Waals surface area contributed by atoms with Gasteiger partial charge in [0.05, 0.1) is 0 Å². The predicted octanol–water partition coefficient (Wildman–Crippen LogP) is 2.02. The first-order valence-corrected chi connectivity index (χ1v) is 4.11. The van der Waals surface area contributed by atoms with Gasteiger partial charge in [-0.2, -0.15) is 13.2 Å². The van der Waals surface area contributed by atoms with Gasteiger partial charge in [0.25, 0.3) is 5.91 Å². The van der Waals surface area contributed by atoms with Crippen molar-refractivity contribution in [3.63, 3.8) is 0 Å². The molecule has 0 saturated carbocycles. The fourth-order valence-corrected chi connectivity index (χ4v) is 0.943. The van der Waals surface area contributed by atoms with E-state index in [0.29, 0.717) is 0 Å². The highest BCUT2D eigenvalue weighted by Crippen LogP contribution is 2.18. The normalized spacial score (nSPS) is 12.3. The smallest absolute Gasteiger partial charge is 0.410 e. The van der Waals surface area contributed by atoms with E-state index in [4.69, 9.17) is 5.21 Å². The molecule has 0 aromatic heterocycles. The molecule has 16 heavy (non-hydrogen) atoms. The molecule has 0 saturated heterocycles. The van der Waals surface area contributed by atoms with Crippen LogP contribution < -0.4 is 5.32 Å². The summed E-state index contributed by atoms with van der Waals surface area (Å²) in [4.78, 5) is 11.1. The zero-order valence-electron chi connectivity index (χ0n) is 7.82. The Labute approximate surface area is 88.4 Å². The van der Waals surface area contributed by atoms with Crippen LogP contribution in [0.5, 0.6) is 0 Å². The van der Waals surface area contributed by atoms with Gasteiger partial charge < -0.3 is 10.5 Å². The summed E-state index contributed by atoms with van der Waals surface area (Å²) < 4.78 is 36.4. The van der Waals surface area contributed by atoms with Crippen LogP contribution in [0, 0.1) is 0 Å². The van der Waals surface area contributed by atoms with Crippen LogP contribution in [0.2, 0.25) is 0 Å². The van der Waals surface area contributed by atoms with Gasteiger partial charge >= 0.3 is 6.18 Å². The third-order valence-electron chi connectivity index (χ3n) is 1.62. The number of nitrogens with one attached hydrogen (secondary N) is 1. The van der Waals surface area contributed by atoms with Crippen LogP contribution in [0.3, 0.4) is 0 Å². The predicted molar refractivity (Wildman–Crippen MR) is 50.3 cm³/mol. The SMILES string of the molecule is O=C(Nc1ccccc1)/C(=N/O)C(F)(F)F. The van der Waals surface area contributed by atoms with Crippen molar-refractivity contribution in [3.05, 3.63) is 30.3 Å². The summed E-state index contributed by atoms with van der Waals surface area (Å²) >= 11 is 0. The average Bonchev–Trinajstić information content (AvgIpc) is 2.17. The van der Waals surface area contributed by atoms with E-state index < -0.39 is 17.8 Å². The van der Waals surface area contributed by atoms with Crippen LogP contribution >= 0.6 is 0 Å². The Morgan fingerprint density at radius 3 is 2.25 bits per heavy atom. The van der Waals surface area contributed by atoms with Crippen molar-refractivity contribution in [2.24, 2.45) is 5.16 Å². The van der Waals surface area contributed by atoms with E-state index >= 15 is 0 Å². The molecule has 7 heteroatoms. The highest BCUT2D eigenvalue weighted by Gasteiger charge is 2.41. The molecule has 0 fully saturated rings. The molecule has 4 nitrogen and oxygen atoms in total. The molecule has 1 aromatic rings. The number of anilines is 1. The summed E-state index contributed by atoms with van der Waals surface area (Å²) in [6.07, 6.45) is -4.99. The van der Waals surface area contributed by atoms with Gasteiger partial charge in [-0.15, -0.1) is 0 Å². The van der Waals surface area contributed by atoms with E-state index in [1.54, 1.807) is 18.2 Å². The summed E-state index contributed by atoms with van der Waals surface area (Å²) in [5.74, 6) is -1.51. The number of carbonyl (C=O) groups is 1. The number of alkyl halides is 3. The molecule has 0 bridgehead atoms. The van der Waals surface area contributed by atoms with Gasteiger partial charge in [-0.25, -0.2) is 0 Å². The Morgan fingerprint density at radius 2 is 1.81 bits per heavy atom. The molecular formula is C9H7F3N2O2. The van der Waals surface area contributed by atoms with Gasteiger partial charge in [-0.1, -0.05) is 23.4 Å². The van der Waals surface area contributed by atoms with Crippen LogP contribution in [0.15, 0.2) is 35.5 Å². The number of rotatable bonds is 2.